The van der Waals surface area contributed by atoms with Crippen LogP contribution in [0, 0.1) is 0 Å². The van der Waals surface area contributed by atoms with Gasteiger partial charge in [-0.25, -0.2) is 4.79 Å². The Morgan fingerprint density at radius 1 is 0.824 bits per heavy atom. The first-order valence-corrected chi connectivity index (χ1v) is 17.3. The molecule has 10 heteroatoms. The van der Waals surface area contributed by atoms with Crippen LogP contribution < -0.4 is 15.4 Å². The van der Waals surface area contributed by atoms with Crippen LogP contribution in [0.1, 0.15) is 77.2 Å². The van der Waals surface area contributed by atoms with E-state index in [1.165, 1.54) is 0 Å². The molecule has 0 unspecified atom stereocenters. The number of piperidine rings is 1. The van der Waals surface area contributed by atoms with Crippen molar-refractivity contribution in [1.82, 2.24) is 15.5 Å². The molecule has 1 heterocycles. The van der Waals surface area contributed by atoms with E-state index in [1.807, 2.05) is 83.8 Å². The third kappa shape index (κ3) is 7.66. The van der Waals surface area contributed by atoms with Crippen LogP contribution in [0.3, 0.4) is 0 Å². The highest BCUT2D eigenvalue weighted by Gasteiger charge is 2.50. The average molecular weight is 708 g/mol. The maximum absolute atomic E-state index is 14.8. The van der Waals surface area contributed by atoms with E-state index in [1.54, 1.807) is 44.4 Å². The minimum absolute atomic E-state index is 0. The van der Waals surface area contributed by atoms with Gasteiger partial charge in [-0.15, -0.1) is 0 Å². The lowest BCUT2D eigenvalue weighted by atomic mass is 9.62. The third-order valence-corrected chi connectivity index (χ3v) is 9.98. The Kier molecular flexibility index (Phi) is 12.2. The van der Waals surface area contributed by atoms with Crippen molar-refractivity contribution < 1.29 is 28.7 Å². The number of likely N-dealkylation sites (tertiary alicyclic amines) is 1. The van der Waals surface area contributed by atoms with Gasteiger partial charge in [0.05, 0.1) is 30.6 Å². The minimum Gasteiger partial charge on any atom is -0.496 e. The van der Waals surface area contributed by atoms with E-state index in [4.69, 9.17) is 9.47 Å². The number of methoxy groups -OCH3 is 1. The molecule has 0 aromatic heterocycles. The number of fused-ring (bicyclic) bond motifs is 1. The number of benzene rings is 4. The molecule has 0 spiro atoms. The number of rotatable bonds is 10. The molecule has 0 radical (unpaired) electrons. The number of esters is 1. The van der Waals surface area contributed by atoms with Gasteiger partial charge in [0.2, 0.25) is 11.8 Å². The number of para-hydroxylation sites is 1. The van der Waals surface area contributed by atoms with Gasteiger partial charge in [-0.05, 0) is 67.0 Å². The summed E-state index contributed by atoms with van der Waals surface area (Å²) in [5.74, 6) is -0.953. The normalized spacial score (nSPS) is 19.0. The van der Waals surface area contributed by atoms with Crippen molar-refractivity contribution in [2.75, 3.05) is 26.8 Å². The summed E-state index contributed by atoms with van der Waals surface area (Å²) in [4.78, 5) is 57.1. The summed E-state index contributed by atoms with van der Waals surface area (Å²) in [6.45, 7) is 2.94. The Hall–Kier alpha value is -5.09. The first-order chi connectivity index (χ1) is 24.4. The molecule has 1 fully saturated rings. The molecule has 3 atom stereocenters. The molecule has 51 heavy (non-hydrogen) atoms. The molecule has 4 aromatic rings. The fourth-order valence-electron chi connectivity index (χ4n) is 7.45. The van der Waals surface area contributed by atoms with Gasteiger partial charge in [-0.2, -0.15) is 13.5 Å². The summed E-state index contributed by atoms with van der Waals surface area (Å²) in [6, 6.07) is 32.4. The molecule has 6 rings (SSSR count). The van der Waals surface area contributed by atoms with Gasteiger partial charge in [-0.1, -0.05) is 97.1 Å². The molecule has 2 N–H and O–H groups in total. The monoisotopic (exact) mass is 707 g/mol. The fourth-order valence-corrected chi connectivity index (χ4v) is 7.45. The Bertz CT molecular complexity index is 1830. The topological polar surface area (TPSA) is 114 Å². The van der Waals surface area contributed by atoms with E-state index in [9.17, 15) is 19.2 Å². The SMILES string of the molecule is CCOC(=O)[C@H](NC(=O)[C@@]1(c2ccccc2)CC[C@H](C(=O)N2CCC(NC(=O)c3ccccc3OC)CC2)c2ccccc21)c1ccccc1.S. The molecule has 3 amide bonds. The number of hydrogen-bond donors (Lipinski definition) is 2. The zero-order chi connectivity index (χ0) is 35.1. The van der Waals surface area contributed by atoms with Gasteiger partial charge >= 0.3 is 5.97 Å². The molecular formula is C41H45N3O6S. The second-order valence-corrected chi connectivity index (χ2v) is 12.8. The molecular weight excluding hydrogens is 663 g/mol. The zero-order valence-electron chi connectivity index (χ0n) is 29.0. The maximum Gasteiger partial charge on any atom is 0.333 e. The summed E-state index contributed by atoms with van der Waals surface area (Å²) in [7, 11) is 1.54. The average Bonchev–Trinajstić information content (AvgIpc) is 3.17. The molecule has 9 nitrogen and oxygen atoms in total. The van der Waals surface area contributed by atoms with Gasteiger partial charge in [0.1, 0.15) is 5.75 Å². The lowest BCUT2D eigenvalue weighted by Gasteiger charge is -2.43. The second-order valence-electron chi connectivity index (χ2n) is 12.8. The van der Waals surface area contributed by atoms with Crippen LogP contribution in [0.5, 0.6) is 5.75 Å². The highest BCUT2D eigenvalue weighted by molar-refractivity contribution is 7.59. The number of carbonyl (C=O) groups excluding carboxylic acids is 4. The molecule has 266 valence electrons. The van der Waals surface area contributed by atoms with Crippen molar-refractivity contribution in [3.63, 3.8) is 0 Å². The summed E-state index contributed by atoms with van der Waals surface area (Å²) >= 11 is 0. The molecule has 0 saturated carbocycles. The van der Waals surface area contributed by atoms with Crippen LogP contribution in [0.15, 0.2) is 109 Å². The van der Waals surface area contributed by atoms with Crippen molar-refractivity contribution >= 4 is 37.2 Å². The van der Waals surface area contributed by atoms with E-state index in [2.05, 4.69) is 10.6 Å². The molecule has 1 aliphatic carbocycles. The van der Waals surface area contributed by atoms with Crippen LogP contribution >= 0.6 is 13.5 Å². The van der Waals surface area contributed by atoms with Gasteiger partial charge in [-0.3, -0.25) is 14.4 Å². The van der Waals surface area contributed by atoms with Crippen LogP contribution in [-0.4, -0.2) is 61.4 Å². The van der Waals surface area contributed by atoms with E-state index >= 15 is 0 Å². The number of amides is 3. The van der Waals surface area contributed by atoms with Gasteiger partial charge in [0.15, 0.2) is 6.04 Å². The van der Waals surface area contributed by atoms with Crippen LogP contribution in [0.2, 0.25) is 0 Å². The second kappa shape index (κ2) is 16.7. The number of hydrogen-bond acceptors (Lipinski definition) is 6. The fraction of sp³-hybridized carbons (Fsp3) is 0.317. The number of ether oxygens (including phenoxy) is 2. The van der Waals surface area contributed by atoms with E-state index in [0.717, 1.165) is 16.7 Å². The van der Waals surface area contributed by atoms with Gasteiger partial charge < -0.3 is 25.0 Å². The van der Waals surface area contributed by atoms with Crippen molar-refractivity contribution in [2.45, 2.75) is 56.0 Å². The summed E-state index contributed by atoms with van der Waals surface area (Å²) in [6.07, 6.45) is 2.07. The highest BCUT2D eigenvalue weighted by atomic mass is 32.1. The van der Waals surface area contributed by atoms with Crippen LogP contribution in [0.4, 0.5) is 0 Å². The first kappa shape index (κ1) is 37.2. The third-order valence-electron chi connectivity index (χ3n) is 9.98. The predicted octanol–water partition coefficient (Wildman–Crippen LogP) is 5.81. The minimum atomic E-state index is -1.15. The first-order valence-electron chi connectivity index (χ1n) is 17.3. The largest absolute Gasteiger partial charge is 0.496 e. The molecule has 2 aliphatic rings. The van der Waals surface area contributed by atoms with Crippen LogP contribution in [-0.2, 0) is 24.5 Å². The lowest BCUT2D eigenvalue weighted by molar-refractivity contribution is -0.148. The van der Waals surface area contributed by atoms with Crippen molar-refractivity contribution in [1.29, 1.82) is 0 Å². The van der Waals surface area contributed by atoms with Gasteiger partial charge in [0.25, 0.3) is 5.91 Å². The van der Waals surface area contributed by atoms with E-state index < -0.39 is 23.3 Å². The highest BCUT2D eigenvalue weighted by Crippen LogP contribution is 2.48. The number of nitrogens with zero attached hydrogens (tertiary/aromatic N) is 1. The molecule has 1 aliphatic heterocycles. The smallest absolute Gasteiger partial charge is 0.333 e. The predicted molar refractivity (Wildman–Crippen MR) is 200 cm³/mol. The Balaban J connectivity index is 0.00000504. The number of carbonyl (C=O) groups is 4. The van der Waals surface area contributed by atoms with E-state index in [0.29, 0.717) is 55.6 Å². The molecule has 4 aromatic carbocycles. The standard InChI is InChI=1S/C41H43N3O6.H2S/c1-3-50-39(47)36(28-14-6-4-7-15-28)43-40(48)41(29-16-8-5-9-17-29)25-22-32(31-18-10-12-20-34(31)41)38(46)44-26-23-30(24-27-44)42-37(45)33-19-11-13-21-35(33)49-2;/h4-21,30,32,36H,3,22-27H2,1-2H3,(H,42,45)(H,43,48);1H2/t32-,36+,41+;/m0./s1. The number of nitrogens with one attached hydrogen (secondary N) is 2. The quantitative estimate of drug-likeness (QED) is 0.201. The maximum atomic E-state index is 14.8. The summed E-state index contributed by atoms with van der Waals surface area (Å²) < 4.78 is 10.8. The van der Waals surface area contributed by atoms with Crippen molar-refractivity contribution in [2.24, 2.45) is 0 Å². The Labute approximate surface area is 306 Å². The van der Waals surface area contributed by atoms with Crippen molar-refractivity contribution in [3.8, 4) is 5.75 Å². The van der Waals surface area contributed by atoms with Crippen molar-refractivity contribution in [3.05, 3.63) is 137 Å². The molecule has 1 saturated heterocycles. The lowest BCUT2D eigenvalue weighted by Crippen LogP contribution is -2.52. The summed E-state index contributed by atoms with van der Waals surface area (Å²) in [5.41, 5.74) is 2.31. The van der Waals surface area contributed by atoms with Crippen LogP contribution in [0.25, 0.3) is 0 Å². The van der Waals surface area contributed by atoms with Gasteiger partial charge in [0, 0.05) is 19.1 Å². The molecule has 0 bridgehead atoms. The zero-order valence-corrected chi connectivity index (χ0v) is 30.0. The Morgan fingerprint density at radius 2 is 1.45 bits per heavy atom. The van der Waals surface area contributed by atoms with E-state index in [-0.39, 0.29) is 43.9 Å². The summed E-state index contributed by atoms with van der Waals surface area (Å²) in [5, 5.41) is 6.18. The Morgan fingerprint density at radius 3 is 2.14 bits per heavy atom.